The first-order chi connectivity index (χ1) is 21.5. The van der Waals surface area contributed by atoms with Crippen LogP contribution in [0, 0.1) is 13.8 Å². The van der Waals surface area contributed by atoms with E-state index in [0.717, 1.165) is 99.3 Å². The fourth-order valence-corrected chi connectivity index (χ4v) is 7.39. The zero-order valence-electron chi connectivity index (χ0n) is 24.4. The number of hydrogen-bond donors (Lipinski definition) is 0. The molecule has 7 aromatic carbocycles. The summed E-state index contributed by atoms with van der Waals surface area (Å²) in [7, 11) is 0. The lowest BCUT2D eigenvalue weighted by atomic mass is 9.78. The summed E-state index contributed by atoms with van der Waals surface area (Å²) < 4.78 is 0. The van der Waals surface area contributed by atoms with Crippen molar-refractivity contribution in [1.82, 2.24) is 0 Å². The molecule has 0 saturated carbocycles. The number of rotatable bonds is 2. The lowest BCUT2D eigenvalue weighted by Crippen LogP contribution is -2.18. The van der Waals surface area contributed by atoms with Crippen molar-refractivity contribution in [3.05, 3.63) is 130 Å². The van der Waals surface area contributed by atoms with Gasteiger partial charge >= 0.3 is 0 Å². The van der Waals surface area contributed by atoms with E-state index in [4.69, 9.17) is 9.98 Å². The Morgan fingerprint density at radius 1 is 0.432 bits per heavy atom. The molecule has 0 aliphatic heterocycles. The molecular weight excluding hydrogens is 540 g/mol. The fraction of sp³-hybridized carbons (Fsp3) is 0.100. The van der Waals surface area contributed by atoms with Crippen molar-refractivity contribution in [1.29, 1.82) is 0 Å². The number of nitrogens with zero attached hydrogens (tertiary/aromatic N) is 2. The molecule has 7 aromatic rings. The molecule has 9 rings (SSSR count). The number of carbonyl (C=O) groups excluding carboxylic acids is 2. The van der Waals surface area contributed by atoms with Crippen molar-refractivity contribution in [3.8, 4) is 0 Å². The van der Waals surface area contributed by atoms with Gasteiger partial charge in [-0.15, -0.1) is 0 Å². The number of ketones is 2. The van der Waals surface area contributed by atoms with Crippen molar-refractivity contribution in [2.45, 2.75) is 26.7 Å². The molecule has 0 heterocycles. The standard InChI is InChI=1S/C40H26N2O2/c1-21-7-3-5-9-31(21)41-33-19-35(43)29-17-13-25-24-12-16-28-34(42-32-10-6-4-8-22(32)2)20-36(44)30-18-14-26(38(24)40(28)30)23-11-15-27(33)39(29)37(23)25/h3-18H,19-20H2,1-2H3. The highest BCUT2D eigenvalue weighted by Gasteiger charge is 2.30. The maximum Gasteiger partial charge on any atom is 0.169 e. The number of Topliss-reactive ketones (excluding diaryl/α,β-unsaturated/α-hetero) is 2. The Hall–Kier alpha value is -5.48. The van der Waals surface area contributed by atoms with Gasteiger partial charge < -0.3 is 0 Å². The van der Waals surface area contributed by atoms with Crippen LogP contribution in [0.5, 0.6) is 0 Å². The predicted octanol–water partition coefficient (Wildman–Crippen LogP) is 9.77. The van der Waals surface area contributed by atoms with E-state index in [1.807, 2.05) is 74.5 Å². The van der Waals surface area contributed by atoms with E-state index in [-0.39, 0.29) is 24.4 Å². The number of hydrogen-bond acceptors (Lipinski definition) is 4. The van der Waals surface area contributed by atoms with Crippen LogP contribution >= 0.6 is 0 Å². The summed E-state index contributed by atoms with van der Waals surface area (Å²) in [6.07, 6.45) is 0.554. The summed E-state index contributed by atoms with van der Waals surface area (Å²) in [5, 5.41) is 8.43. The second-order valence-corrected chi connectivity index (χ2v) is 12.0. The predicted molar refractivity (Wildman–Crippen MR) is 180 cm³/mol. The Morgan fingerprint density at radius 2 is 0.795 bits per heavy atom. The summed E-state index contributed by atoms with van der Waals surface area (Å²) >= 11 is 0. The first-order valence-electron chi connectivity index (χ1n) is 15.0. The van der Waals surface area contributed by atoms with E-state index in [9.17, 15) is 9.59 Å². The molecule has 0 aromatic heterocycles. The van der Waals surface area contributed by atoms with Crippen molar-refractivity contribution in [2.75, 3.05) is 0 Å². The van der Waals surface area contributed by atoms with Crippen LogP contribution in [0.2, 0.25) is 0 Å². The van der Waals surface area contributed by atoms with Crippen molar-refractivity contribution >= 4 is 77.5 Å². The molecule has 0 unspecified atom stereocenters. The summed E-state index contributed by atoms with van der Waals surface area (Å²) in [5.41, 5.74) is 9.07. The number of carbonyl (C=O) groups is 2. The highest BCUT2D eigenvalue weighted by Crippen LogP contribution is 2.46. The van der Waals surface area contributed by atoms with E-state index in [0.29, 0.717) is 0 Å². The van der Waals surface area contributed by atoms with Crippen LogP contribution in [-0.2, 0) is 0 Å². The van der Waals surface area contributed by atoms with Gasteiger partial charge in [-0.1, -0.05) is 84.9 Å². The van der Waals surface area contributed by atoms with Gasteiger partial charge in [0.15, 0.2) is 11.6 Å². The monoisotopic (exact) mass is 566 g/mol. The zero-order valence-corrected chi connectivity index (χ0v) is 24.4. The molecule has 4 nitrogen and oxygen atoms in total. The van der Waals surface area contributed by atoms with Gasteiger partial charge in [0.05, 0.1) is 35.6 Å². The second-order valence-electron chi connectivity index (χ2n) is 12.0. The molecule has 0 bridgehead atoms. The van der Waals surface area contributed by atoms with Crippen LogP contribution in [0.4, 0.5) is 11.4 Å². The van der Waals surface area contributed by atoms with E-state index in [2.05, 4.69) is 36.4 Å². The van der Waals surface area contributed by atoms with Crippen LogP contribution in [0.1, 0.15) is 55.8 Å². The van der Waals surface area contributed by atoms with Crippen molar-refractivity contribution in [2.24, 2.45) is 9.98 Å². The Morgan fingerprint density at radius 3 is 1.18 bits per heavy atom. The van der Waals surface area contributed by atoms with Crippen molar-refractivity contribution < 1.29 is 9.59 Å². The Labute approximate surface area is 253 Å². The largest absolute Gasteiger partial charge is 0.294 e. The van der Waals surface area contributed by atoms with Gasteiger partial charge in [0.1, 0.15) is 0 Å². The van der Waals surface area contributed by atoms with Gasteiger partial charge in [-0.2, -0.15) is 0 Å². The molecule has 0 N–H and O–H groups in total. The van der Waals surface area contributed by atoms with Gasteiger partial charge in [-0.05, 0) is 69.4 Å². The minimum atomic E-state index is 0.0900. The molecule has 0 amide bonds. The SMILES string of the molecule is Cc1ccccc1N=C1CC(=O)c2ccc3c4ccc5c6c(ccc(c7ccc1c2c37)c64)C(=O)CC5=Nc1ccccc1C. The molecule has 2 aliphatic rings. The van der Waals surface area contributed by atoms with E-state index >= 15 is 0 Å². The lowest BCUT2D eigenvalue weighted by molar-refractivity contribution is 0.0993. The molecule has 4 heteroatoms. The van der Waals surface area contributed by atoms with Gasteiger partial charge in [0, 0.05) is 33.0 Å². The normalized spacial score (nSPS) is 16.4. The van der Waals surface area contributed by atoms with Gasteiger partial charge in [0.2, 0.25) is 0 Å². The molecule has 44 heavy (non-hydrogen) atoms. The quantitative estimate of drug-likeness (QED) is 0.154. The number of benzene rings is 7. The van der Waals surface area contributed by atoms with E-state index < -0.39 is 0 Å². The third-order valence-corrected chi connectivity index (χ3v) is 9.52. The number of para-hydroxylation sites is 2. The maximum atomic E-state index is 13.6. The summed E-state index contributed by atoms with van der Waals surface area (Å²) in [6, 6.07) is 32.8. The highest BCUT2D eigenvalue weighted by molar-refractivity contribution is 6.42. The molecule has 0 radical (unpaired) electrons. The molecule has 0 atom stereocenters. The summed E-state index contributed by atoms with van der Waals surface area (Å²) in [4.78, 5) is 37.2. The van der Waals surface area contributed by atoms with Gasteiger partial charge in [0.25, 0.3) is 0 Å². The highest BCUT2D eigenvalue weighted by atomic mass is 16.1. The topological polar surface area (TPSA) is 58.9 Å². The second kappa shape index (κ2) is 9.01. The van der Waals surface area contributed by atoms with Gasteiger partial charge in [-0.3, -0.25) is 19.6 Å². The molecule has 0 spiro atoms. The minimum absolute atomic E-state index is 0.0900. The molecule has 208 valence electrons. The number of aryl methyl sites for hydroxylation is 2. The first-order valence-corrected chi connectivity index (χ1v) is 15.0. The minimum Gasteiger partial charge on any atom is -0.294 e. The third-order valence-electron chi connectivity index (χ3n) is 9.52. The lowest BCUT2D eigenvalue weighted by Gasteiger charge is -2.25. The Kier molecular flexibility index (Phi) is 5.13. The molecule has 2 aliphatic carbocycles. The van der Waals surface area contributed by atoms with Gasteiger partial charge in [-0.25, -0.2) is 0 Å². The summed E-state index contributed by atoms with van der Waals surface area (Å²) in [6.45, 7) is 4.09. The van der Waals surface area contributed by atoms with Crippen molar-refractivity contribution in [3.63, 3.8) is 0 Å². The smallest absolute Gasteiger partial charge is 0.169 e. The number of fused-ring (bicyclic) bond motifs is 2. The van der Waals surface area contributed by atoms with E-state index in [1.54, 1.807) is 0 Å². The Balaban J connectivity index is 1.37. The van der Waals surface area contributed by atoms with Crippen LogP contribution in [0.25, 0.3) is 43.1 Å². The van der Waals surface area contributed by atoms with Crippen LogP contribution in [0.15, 0.2) is 107 Å². The Bertz CT molecular complexity index is 2300. The van der Waals surface area contributed by atoms with Crippen LogP contribution in [-0.4, -0.2) is 23.0 Å². The van der Waals surface area contributed by atoms with E-state index in [1.165, 1.54) is 0 Å². The van der Waals surface area contributed by atoms with Crippen LogP contribution < -0.4 is 0 Å². The average molecular weight is 567 g/mol. The van der Waals surface area contributed by atoms with Crippen LogP contribution in [0.3, 0.4) is 0 Å². The average Bonchev–Trinajstić information content (AvgIpc) is 3.03. The molecule has 0 fully saturated rings. The third kappa shape index (κ3) is 3.39. The molecule has 0 saturated heterocycles. The first kappa shape index (κ1) is 25.1. The summed E-state index contributed by atoms with van der Waals surface area (Å²) in [5.74, 6) is 0.180. The molecular formula is C40H26N2O2. The fourth-order valence-electron chi connectivity index (χ4n) is 7.39. The zero-order chi connectivity index (χ0) is 29.7. The maximum absolute atomic E-state index is 13.6. The number of aliphatic imine (C=N–C) groups is 2.